The van der Waals surface area contributed by atoms with E-state index < -0.39 is 6.04 Å². The number of aryl methyl sites for hydroxylation is 1. The molecule has 2 aliphatic rings. The van der Waals surface area contributed by atoms with Crippen LogP contribution < -0.4 is 16.4 Å². The molecule has 1 saturated carbocycles. The summed E-state index contributed by atoms with van der Waals surface area (Å²) in [6, 6.07) is 7.88. The molecule has 4 rings (SSSR count). The number of benzene rings is 1. The molecular weight excluding hydrogens is 444 g/mol. The number of imidazole rings is 1. The maximum atomic E-state index is 13.1. The molecule has 2 heterocycles. The van der Waals surface area contributed by atoms with Crippen LogP contribution in [0.4, 0.5) is 4.79 Å². The molecule has 2 unspecified atom stereocenters. The Morgan fingerprint density at radius 2 is 2.00 bits per heavy atom. The number of carbonyl (C=O) groups excluding carboxylic acids is 2. The van der Waals surface area contributed by atoms with Gasteiger partial charge in [0.2, 0.25) is 5.91 Å². The molecule has 0 radical (unpaired) electrons. The molecule has 1 aromatic carbocycles. The second-order valence-electron chi connectivity index (χ2n) is 9.94. The number of hydrogen-bond donors (Lipinski definition) is 3. The first-order valence-corrected chi connectivity index (χ1v) is 13.1. The first-order valence-electron chi connectivity index (χ1n) is 13.1. The Hall–Kier alpha value is -2.65. The molecule has 1 aromatic heterocycles. The minimum absolute atomic E-state index is 0.0437. The van der Waals surface area contributed by atoms with Crippen molar-refractivity contribution < 1.29 is 14.3 Å². The third-order valence-corrected chi connectivity index (χ3v) is 7.21. The number of piperidine rings is 1. The zero-order valence-corrected chi connectivity index (χ0v) is 20.9. The number of likely N-dealkylation sites (tertiary alicyclic amines) is 1. The topological polar surface area (TPSA) is 115 Å². The number of methoxy groups -OCH3 is 1. The van der Waals surface area contributed by atoms with Gasteiger partial charge in [-0.1, -0.05) is 25.0 Å². The molecule has 2 aromatic rings. The predicted octanol–water partition coefficient (Wildman–Crippen LogP) is 2.74. The van der Waals surface area contributed by atoms with Gasteiger partial charge in [-0.2, -0.15) is 0 Å². The fourth-order valence-electron chi connectivity index (χ4n) is 5.38. The quantitative estimate of drug-likeness (QED) is 0.449. The van der Waals surface area contributed by atoms with Crippen molar-refractivity contribution in [2.45, 2.75) is 75.9 Å². The van der Waals surface area contributed by atoms with E-state index in [-0.39, 0.29) is 36.9 Å². The Kier molecular flexibility index (Phi) is 8.98. The number of hydrogen-bond acceptors (Lipinski definition) is 5. The Balaban J connectivity index is 1.32. The number of ether oxygens (including phenoxy) is 1. The molecule has 0 bridgehead atoms. The first kappa shape index (κ1) is 25.4. The van der Waals surface area contributed by atoms with Crippen LogP contribution in [-0.4, -0.2) is 71.8 Å². The predicted molar refractivity (Wildman–Crippen MR) is 136 cm³/mol. The smallest absolute Gasteiger partial charge is 0.315 e. The van der Waals surface area contributed by atoms with Crippen LogP contribution in [0.2, 0.25) is 0 Å². The van der Waals surface area contributed by atoms with Gasteiger partial charge in [0.25, 0.3) is 0 Å². The second kappa shape index (κ2) is 12.4. The largest absolute Gasteiger partial charge is 0.385 e. The van der Waals surface area contributed by atoms with Gasteiger partial charge in [-0.15, -0.1) is 0 Å². The monoisotopic (exact) mass is 484 g/mol. The summed E-state index contributed by atoms with van der Waals surface area (Å²) in [5, 5.41) is 5.82. The minimum Gasteiger partial charge on any atom is -0.385 e. The number of aromatic nitrogens is 2. The molecule has 4 N–H and O–H groups in total. The Bertz CT molecular complexity index is 987. The maximum absolute atomic E-state index is 13.1. The zero-order chi connectivity index (χ0) is 24.6. The lowest BCUT2D eigenvalue weighted by Gasteiger charge is -2.33. The molecule has 2 atom stereocenters. The van der Waals surface area contributed by atoms with E-state index in [4.69, 9.17) is 15.5 Å². The van der Waals surface area contributed by atoms with E-state index in [0.717, 1.165) is 62.1 Å². The van der Waals surface area contributed by atoms with Crippen molar-refractivity contribution in [3.8, 4) is 0 Å². The number of rotatable bonds is 10. The SMILES string of the molecule is COCCCn1c(C2CCCN(C(=O)CC(N)CNC(=O)NC3CCCC3)C2)nc2ccccc21. The number of urea groups is 1. The summed E-state index contributed by atoms with van der Waals surface area (Å²) in [5.41, 5.74) is 8.33. The van der Waals surface area contributed by atoms with E-state index >= 15 is 0 Å². The van der Waals surface area contributed by atoms with Crippen LogP contribution in [0, 0.1) is 0 Å². The van der Waals surface area contributed by atoms with Crippen LogP contribution in [0.25, 0.3) is 11.0 Å². The van der Waals surface area contributed by atoms with Crippen LogP contribution in [-0.2, 0) is 16.1 Å². The van der Waals surface area contributed by atoms with Gasteiger partial charge in [0.05, 0.1) is 11.0 Å². The number of fused-ring (bicyclic) bond motifs is 1. The molecule has 1 aliphatic heterocycles. The summed E-state index contributed by atoms with van der Waals surface area (Å²) < 4.78 is 7.56. The van der Waals surface area contributed by atoms with Crippen LogP contribution in [0.5, 0.6) is 0 Å². The lowest BCUT2D eigenvalue weighted by atomic mass is 9.96. The molecule has 3 amide bonds. The Morgan fingerprint density at radius 3 is 2.80 bits per heavy atom. The van der Waals surface area contributed by atoms with Crippen molar-refractivity contribution in [1.82, 2.24) is 25.1 Å². The summed E-state index contributed by atoms with van der Waals surface area (Å²) in [5.74, 6) is 1.28. The van der Waals surface area contributed by atoms with Crippen molar-refractivity contribution in [3.05, 3.63) is 30.1 Å². The molecule has 0 spiro atoms. The van der Waals surface area contributed by atoms with E-state index in [0.29, 0.717) is 13.2 Å². The zero-order valence-electron chi connectivity index (χ0n) is 20.9. The number of para-hydroxylation sites is 2. The van der Waals surface area contributed by atoms with Gasteiger partial charge in [0.15, 0.2) is 0 Å². The number of nitrogens with two attached hydrogens (primary N) is 1. The lowest BCUT2D eigenvalue weighted by Crippen LogP contribution is -2.47. The molecule has 2 fully saturated rings. The van der Waals surface area contributed by atoms with Crippen molar-refractivity contribution >= 4 is 23.0 Å². The average Bonchev–Trinajstić information content (AvgIpc) is 3.51. The number of nitrogens with zero attached hydrogens (tertiary/aromatic N) is 3. The van der Waals surface area contributed by atoms with E-state index in [1.54, 1.807) is 7.11 Å². The summed E-state index contributed by atoms with van der Waals surface area (Å²) in [6.07, 6.45) is 7.48. The average molecular weight is 485 g/mol. The summed E-state index contributed by atoms with van der Waals surface area (Å²) in [4.78, 5) is 32.0. The summed E-state index contributed by atoms with van der Waals surface area (Å²) in [6.45, 7) is 3.21. The van der Waals surface area contributed by atoms with E-state index in [1.165, 1.54) is 12.8 Å². The highest BCUT2D eigenvalue weighted by Gasteiger charge is 2.29. The molecule has 192 valence electrons. The second-order valence-corrected chi connectivity index (χ2v) is 9.94. The highest BCUT2D eigenvalue weighted by atomic mass is 16.5. The maximum Gasteiger partial charge on any atom is 0.315 e. The molecule has 9 nitrogen and oxygen atoms in total. The van der Waals surface area contributed by atoms with Gasteiger partial charge in [0, 0.05) is 64.3 Å². The van der Waals surface area contributed by atoms with Crippen LogP contribution >= 0.6 is 0 Å². The van der Waals surface area contributed by atoms with Gasteiger partial charge >= 0.3 is 6.03 Å². The molecular formula is C26H40N6O3. The normalized spacial score (nSPS) is 19.7. The van der Waals surface area contributed by atoms with Gasteiger partial charge in [-0.05, 0) is 44.2 Å². The van der Waals surface area contributed by atoms with E-state index in [1.807, 2.05) is 23.1 Å². The first-order chi connectivity index (χ1) is 17.0. The Morgan fingerprint density at radius 1 is 1.20 bits per heavy atom. The summed E-state index contributed by atoms with van der Waals surface area (Å²) >= 11 is 0. The molecule has 35 heavy (non-hydrogen) atoms. The molecule has 1 aliphatic carbocycles. The highest BCUT2D eigenvalue weighted by Crippen LogP contribution is 2.30. The summed E-state index contributed by atoms with van der Waals surface area (Å²) in [7, 11) is 1.72. The van der Waals surface area contributed by atoms with Crippen LogP contribution in [0.1, 0.15) is 63.1 Å². The van der Waals surface area contributed by atoms with Crippen molar-refractivity contribution in [2.24, 2.45) is 5.73 Å². The fourth-order valence-corrected chi connectivity index (χ4v) is 5.38. The minimum atomic E-state index is -0.407. The molecule has 1 saturated heterocycles. The van der Waals surface area contributed by atoms with Crippen molar-refractivity contribution in [2.75, 3.05) is 33.4 Å². The van der Waals surface area contributed by atoms with Gasteiger partial charge in [0.1, 0.15) is 5.82 Å². The van der Waals surface area contributed by atoms with Crippen molar-refractivity contribution in [1.29, 1.82) is 0 Å². The standard InChI is InChI=1S/C26H40N6O3/c1-35-15-7-14-32-23-12-5-4-11-22(23)30-25(32)19-8-6-13-31(18-19)24(33)16-20(27)17-28-26(34)29-21-9-2-3-10-21/h4-5,11-12,19-21H,2-3,6-10,13-18,27H2,1H3,(H2,28,29,34). The molecule has 9 heteroatoms. The van der Waals surface area contributed by atoms with E-state index in [9.17, 15) is 9.59 Å². The number of nitrogens with one attached hydrogen (secondary N) is 2. The Labute approximate surface area is 207 Å². The number of amides is 3. The van der Waals surface area contributed by atoms with Crippen LogP contribution in [0.3, 0.4) is 0 Å². The van der Waals surface area contributed by atoms with Crippen LogP contribution in [0.15, 0.2) is 24.3 Å². The van der Waals surface area contributed by atoms with E-state index in [2.05, 4.69) is 21.3 Å². The third kappa shape index (κ3) is 6.73. The van der Waals surface area contributed by atoms with Gasteiger partial charge < -0.3 is 30.6 Å². The van der Waals surface area contributed by atoms with Gasteiger partial charge in [-0.25, -0.2) is 9.78 Å². The third-order valence-electron chi connectivity index (χ3n) is 7.21. The number of carbonyl (C=O) groups is 2. The highest BCUT2D eigenvalue weighted by molar-refractivity contribution is 5.78. The van der Waals surface area contributed by atoms with Crippen molar-refractivity contribution in [3.63, 3.8) is 0 Å². The van der Waals surface area contributed by atoms with Gasteiger partial charge in [-0.3, -0.25) is 4.79 Å². The fraction of sp³-hybridized carbons (Fsp3) is 0.654. The lowest BCUT2D eigenvalue weighted by molar-refractivity contribution is -0.132.